The third kappa shape index (κ3) is 5.71. The maximum atomic E-state index is 3.97. The predicted molar refractivity (Wildman–Crippen MR) is 238 cm³/mol. The molecule has 2 nitrogen and oxygen atoms in total. The van der Waals surface area contributed by atoms with Gasteiger partial charge in [-0.05, 0) is 111 Å². The molecular formula is C53H37BrN2. The minimum atomic E-state index is -0.505. The van der Waals surface area contributed by atoms with Crippen molar-refractivity contribution in [3.8, 4) is 11.1 Å². The molecule has 0 saturated carbocycles. The molecular weight excluding hydrogens is 745 g/mol. The lowest BCUT2D eigenvalue weighted by Crippen LogP contribution is -2.28. The van der Waals surface area contributed by atoms with Crippen LogP contribution in [-0.4, -0.2) is 0 Å². The van der Waals surface area contributed by atoms with Crippen molar-refractivity contribution in [2.45, 2.75) is 5.41 Å². The van der Waals surface area contributed by atoms with Crippen molar-refractivity contribution in [2.75, 3.05) is 9.80 Å². The fourth-order valence-electron chi connectivity index (χ4n) is 8.75. The number of hydrogen-bond donors (Lipinski definition) is 0. The molecule has 1 aliphatic rings. The van der Waals surface area contributed by atoms with E-state index in [9.17, 15) is 0 Å². The van der Waals surface area contributed by atoms with Crippen molar-refractivity contribution >= 4 is 60.8 Å². The SMILES string of the molecule is Brc1cc(N(c2ccccc2)c2ccc3c(c2)C(c2ccccc2)(c2ccccc2)c2ccccc2-3)cc(N(c2ccccc2)c2ccc3ccccc3c2)c1. The Balaban J connectivity index is 1.20. The first-order valence-corrected chi connectivity index (χ1v) is 19.8. The minimum Gasteiger partial charge on any atom is -0.310 e. The fourth-order valence-corrected chi connectivity index (χ4v) is 9.22. The number of para-hydroxylation sites is 2. The normalized spacial score (nSPS) is 12.5. The van der Waals surface area contributed by atoms with E-state index in [1.54, 1.807) is 0 Å². The van der Waals surface area contributed by atoms with Crippen LogP contribution in [0.5, 0.6) is 0 Å². The van der Waals surface area contributed by atoms with E-state index in [2.05, 4.69) is 250 Å². The lowest BCUT2D eigenvalue weighted by atomic mass is 9.67. The molecule has 0 atom stereocenters. The average molecular weight is 782 g/mol. The summed E-state index contributed by atoms with van der Waals surface area (Å²) >= 11 is 3.97. The van der Waals surface area contributed by atoms with Crippen molar-refractivity contribution in [3.05, 3.63) is 251 Å². The van der Waals surface area contributed by atoms with Gasteiger partial charge in [-0.1, -0.05) is 174 Å². The zero-order valence-electron chi connectivity index (χ0n) is 30.6. The maximum Gasteiger partial charge on any atom is 0.0714 e. The van der Waals surface area contributed by atoms with Gasteiger partial charge >= 0.3 is 0 Å². The number of halogens is 1. The smallest absolute Gasteiger partial charge is 0.0714 e. The van der Waals surface area contributed by atoms with E-state index < -0.39 is 5.41 Å². The first-order chi connectivity index (χ1) is 27.7. The van der Waals surface area contributed by atoms with Gasteiger partial charge in [0.2, 0.25) is 0 Å². The lowest BCUT2D eigenvalue weighted by molar-refractivity contribution is 0.768. The van der Waals surface area contributed by atoms with Crippen LogP contribution in [0.3, 0.4) is 0 Å². The van der Waals surface area contributed by atoms with Crippen LogP contribution in [0.2, 0.25) is 0 Å². The summed E-state index contributed by atoms with van der Waals surface area (Å²) in [6.45, 7) is 0. The van der Waals surface area contributed by atoms with Crippen LogP contribution in [0.25, 0.3) is 21.9 Å². The van der Waals surface area contributed by atoms with Crippen LogP contribution in [-0.2, 0) is 5.41 Å². The van der Waals surface area contributed by atoms with Gasteiger partial charge in [-0.3, -0.25) is 0 Å². The van der Waals surface area contributed by atoms with E-state index in [1.165, 1.54) is 44.2 Å². The molecule has 0 N–H and O–H groups in total. The van der Waals surface area contributed by atoms with Gasteiger partial charge in [0.25, 0.3) is 0 Å². The van der Waals surface area contributed by atoms with E-state index in [0.29, 0.717) is 0 Å². The van der Waals surface area contributed by atoms with Crippen molar-refractivity contribution in [1.82, 2.24) is 0 Å². The molecule has 3 heteroatoms. The second-order valence-corrected chi connectivity index (χ2v) is 15.2. The van der Waals surface area contributed by atoms with Gasteiger partial charge in [0.05, 0.1) is 5.41 Å². The second-order valence-electron chi connectivity index (χ2n) is 14.3. The zero-order chi connectivity index (χ0) is 37.5. The minimum absolute atomic E-state index is 0.505. The molecule has 1 aliphatic carbocycles. The molecule has 56 heavy (non-hydrogen) atoms. The summed E-state index contributed by atoms with van der Waals surface area (Å²) in [6.07, 6.45) is 0. The van der Waals surface area contributed by atoms with Gasteiger partial charge in [0.1, 0.15) is 0 Å². The molecule has 9 aromatic carbocycles. The number of fused-ring (bicyclic) bond motifs is 4. The molecule has 0 saturated heterocycles. The average Bonchev–Trinajstić information content (AvgIpc) is 3.55. The third-order valence-electron chi connectivity index (χ3n) is 11.1. The summed E-state index contributed by atoms with van der Waals surface area (Å²) in [5, 5.41) is 2.42. The van der Waals surface area contributed by atoms with Crippen LogP contribution in [0.15, 0.2) is 229 Å². The van der Waals surface area contributed by atoms with Crippen LogP contribution < -0.4 is 9.80 Å². The summed E-state index contributed by atoms with van der Waals surface area (Å²) in [7, 11) is 0. The fraction of sp³-hybridized carbons (Fsp3) is 0.0189. The summed E-state index contributed by atoms with van der Waals surface area (Å²) < 4.78 is 0.990. The van der Waals surface area contributed by atoms with Gasteiger partial charge in [0.15, 0.2) is 0 Å². The van der Waals surface area contributed by atoms with Gasteiger partial charge < -0.3 is 9.80 Å². The molecule has 266 valence electrons. The Morgan fingerprint density at radius 3 is 1.38 bits per heavy atom. The molecule has 0 aliphatic heterocycles. The quantitative estimate of drug-likeness (QED) is 0.151. The van der Waals surface area contributed by atoms with Crippen molar-refractivity contribution in [3.63, 3.8) is 0 Å². The molecule has 0 bridgehead atoms. The zero-order valence-corrected chi connectivity index (χ0v) is 32.2. The van der Waals surface area contributed by atoms with Crippen LogP contribution >= 0.6 is 15.9 Å². The number of nitrogens with zero attached hydrogens (tertiary/aromatic N) is 2. The first kappa shape index (κ1) is 33.9. The van der Waals surface area contributed by atoms with Crippen LogP contribution in [0, 0.1) is 0 Å². The Hall–Kier alpha value is -6.68. The van der Waals surface area contributed by atoms with E-state index in [1.807, 2.05) is 0 Å². The largest absolute Gasteiger partial charge is 0.310 e. The Kier molecular flexibility index (Phi) is 8.58. The maximum absolute atomic E-state index is 3.97. The van der Waals surface area contributed by atoms with Gasteiger partial charge in [-0.2, -0.15) is 0 Å². The Bertz CT molecular complexity index is 2780. The van der Waals surface area contributed by atoms with E-state index in [4.69, 9.17) is 0 Å². The van der Waals surface area contributed by atoms with Crippen molar-refractivity contribution in [2.24, 2.45) is 0 Å². The molecule has 0 heterocycles. The van der Waals surface area contributed by atoms with Gasteiger partial charge in [-0.25, -0.2) is 0 Å². The summed E-state index contributed by atoms with van der Waals surface area (Å²) in [5.41, 5.74) is 13.5. The molecule has 10 rings (SSSR count). The van der Waals surface area contributed by atoms with Crippen LogP contribution in [0.4, 0.5) is 34.1 Å². The Morgan fingerprint density at radius 2 is 0.768 bits per heavy atom. The molecule has 0 radical (unpaired) electrons. The van der Waals surface area contributed by atoms with Crippen molar-refractivity contribution in [1.29, 1.82) is 0 Å². The van der Waals surface area contributed by atoms with Gasteiger partial charge in [0, 0.05) is 38.6 Å². The van der Waals surface area contributed by atoms with E-state index >= 15 is 0 Å². The number of anilines is 6. The first-order valence-electron chi connectivity index (χ1n) is 19.0. The van der Waals surface area contributed by atoms with Crippen LogP contribution in [0.1, 0.15) is 22.3 Å². The standard InChI is InChI=1S/C53H37BrN2/c54-42-34-47(55(43-23-9-3-10-24-43)45-30-29-38-17-13-14-18-39(38)33-45)36-48(35-42)56(44-25-11-4-12-26-44)46-31-32-50-49-27-15-16-28-51(49)53(52(50)37-46,40-19-5-1-6-20-40)41-21-7-2-8-22-41/h1-37H. The molecule has 0 fully saturated rings. The number of hydrogen-bond acceptors (Lipinski definition) is 2. The second kappa shape index (κ2) is 14.2. The lowest BCUT2D eigenvalue weighted by Gasteiger charge is -2.35. The highest BCUT2D eigenvalue weighted by molar-refractivity contribution is 9.10. The Morgan fingerprint density at radius 1 is 0.304 bits per heavy atom. The summed E-state index contributed by atoms with van der Waals surface area (Å²) in [5.74, 6) is 0. The molecule has 0 amide bonds. The number of rotatable bonds is 8. The van der Waals surface area contributed by atoms with E-state index in [-0.39, 0.29) is 0 Å². The van der Waals surface area contributed by atoms with Crippen molar-refractivity contribution < 1.29 is 0 Å². The summed E-state index contributed by atoms with van der Waals surface area (Å²) in [6, 6.07) is 81.4. The monoisotopic (exact) mass is 780 g/mol. The molecule has 0 unspecified atom stereocenters. The highest BCUT2D eigenvalue weighted by Gasteiger charge is 2.46. The number of benzene rings is 9. The Labute approximate surface area is 336 Å². The molecule has 0 spiro atoms. The third-order valence-corrected chi connectivity index (χ3v) is 11.6. The highest BCUT2D eigenvalue weighted by Crippen LogP contribution is 2.57. The predicted octanol–water partition coefficient (Wildman–Crippen LogP) is 14.9. The topological polar surface area (TPSA) is 6.48 Å². The summed E-state index contributed by atoms with van der Waals surface area (Å²) in [4.78, 5) is 4.74. The molecule has 9 aromatic rings. The van der Waals surface area contributed by atoms with E-state index in [0.717, 1.165) is 38.6 Å². The highest BCUT2D eigenvalue weighted by atomic mass is 79.9. The molecule has 0 aromatic heterocycles. The van der Waals surface area contributed by atoms with Gasteiger partial charge in [-0.15, -0.1) is 0 Å².